The Morgan fingerprint density at radius 3 is 2.89 bits per heavy atom. The maximum Gasteiger partial charge on any atom is 0.224 e. The van der Waals surface area contributed by atoms with Crippen LogP contribution in [0.4, 0.5) is 5.69 Å². The third-order valence-electron chi connectivity index (χ3n) is 5.74. The van der Waals surface area contributed by atoms with E-state index in [4.69, 9.17) is 4.74 Å². The smallest absolute Gasteiger partial charge is 0.224 e. The topological polar surface area (TPSA) is 58.6 Å². The molecule has 1 atom stereocenters. The molecule has 1 heterocycles. The minimum absolute atomic E-state index is 0.0636. The highest BCUT2D eigenvalue weighted by atomic mass is 16.5. The molecule has 0 bridgehead atoms. The molecule has 5 nitrogen and oxygen atoms in total. The summed E-state index contributed by atoms with van der Waals surface area (Å²) >= 11 is 0. The molecule has 2 amide bonds. The van der Waals surface area contributed by atoms with E-state index in [2.05, 4.69) is 23.5 Å². The fourth-order valence-corrected chi connectivity index (χ4v) is 4.15. The van der Waals surface area contributed by atoms with Crippen LogP contribution in [0.3, 0.4) is 0 Å². The van der Waals surface area contributed by atoms with Crippen LogP contribution < -0.4 is 10.1 Å². The Hall–Kier alpha value is -2.82. The van der Waals surface area contributed by atoms with Gasteiger partial charge in [-0.1, -0.05) is 24.3 Å². The predicted molar refractivity (Wildman–Crippen MR) is 108 cm³/mol. The number of nitrogens with zero attached hydrogens (tertiary/aromatic N) is 1. The summed E-state index contributed by atoms with van der Waals surface area (Å²) in [5.74, 6) is 1.02. The molecule has 0 radical (unpaired) electrons. The summed E-state index contributed by atoms with van der Waals surface area (Å²) in [6.07, 6.45) is 4.47. The fourth-order valence-electron chi connectivity index (χ4n) is 4.15. The minimum atomic E-state index is 0.0636. The van der Waals surface area contributed by atoms with Crippen LogP contribution in [0, 0.1) is 0 Å². The fraction of sp³-hybridized carbons (Fsp3) is 0.391. The third kappa shape index (κ3) is 3.88. The summed E-state index contributed by atoms with van der Waals surface area (Å²) in [5.41, 5.74) is 4.62. The Morgan fingerprint density at radius 2 is 2.00 bits per heavy atom. The van der Waals surface area contributed by atoms with E-state index in [-0.39, 0.29) is 17.9 Å². The van der Waals surface area contributed by atoms with E-state index in [1.54, 1.807) is 0 Å². The number of fused-ring (bicyclic) bond motifs is 2. The molecule has 2 aromatic rings. The lowest BCUT2D eigenvalue weighted by atomic mass is 10.0. The van der Waals surface area contributed by atoms with Gasteiger partial charge in [0.05, 0.1) is 12.6 Å². The zero-order chi connectivity index (χ0) is 19.5. The van der Waals surface area contributed by atoms with Gasteiger partial charge < -0.3 is 15.0 Å². The Kier molecular flexibility index (Phi) is 5.33. The average molecular weight is 378 g/mol. The molecule has 0 fully saturated rings. The summed E-state index contributed by atoms with van der Waals surface area (Å²) in [7, 11) is 1.91. The molecule has 0 saturated carbocycles. The van der Waals surface area contributed by atoms with Gasteiger partial charge >= 0.3 is 0 Å². The first-order valence-corrected chi connectivity index (χ1v) is 10.0. The van der Waals surface area contributed by atoms with E-state index < -0.39 is 0 Å². The number of carbonyl (C=O) groups excluding carboxylic acids is 2. The first kappa shape index (κ1) is 18.5. The van der Waals surface area contributed by atoms with E-state index in [9.17, 15) is 9.59 Å². The van der Waals surface area contributed by atoms with Crippen LogP contribution in [0.25, 0.3) is 0 Å². The number of benzene rings is 2. The van der Waals surface area contributed by atoms with Gasteiger partial charge in [-0.05, 0) is 60.6 Å². The van der Waals surface area contributed by atoms with Crippen LogP contribution in [0.2, 0.25) is 0 Å². The third-order valence-corrected chi connectivity index (χ3v) is 5.74. The number of hydrogen-bond acceptors (Lipinski definition) is 3. The van der Waals surface area contributed by atoms with Crippen LogP contribution >= 0.6 is 0 Å². The van der Waals surface area contributed by atoms with Crippen molar-refractivity contribution in [3.05, 3.63) is 59.2 Å². The van der Waals surface area contributed by atoms with Crippen molar-refractivity contribution in [1.82, 2.24) is 4.90 Å². The molecule has 146 valence electrons. The molecule has 0 saturated heterocycles. The van der Waals surface area contributed by atoms with Crippen LogP contribution in [0.5, 0.6) is 5.75 Å². The van der Waals surface area contributed by atoms with E-state index in [1.807, 2.05) is 36.2 Å². The first-order chi connectivity index (χ1) is 13.6. The van der Waals surface area contributed by atoms with Gasteiger partial charge in [-0.2, -0.15) is 0 Å². The molecule has 2 aliphatic rings. The molecule has 0 aromatic heterocycles. The second kappa shape index (κ2) is 8.05. The predicted octanol–water partition coefficient (Wildman–Crippen LogP) is 3.88. The number of carbonyl (C=O) groups is 2. The molecular formula is C23H26N2O3. The monoisotopic (exact) mass is 378 g/mol. The highest BCUT2D eigenvalue weighted by Crippen LogP contribution is 2.35. The summed E-state index contributed by atoms with van der Waals surface area (Å²) in [5, 5.41) is 2.87. The molecule has 4 rings (SSSR count). The van der Waals surface area contributed by atoms with Gasteiger partial charge in [0.1, 0.15) is 5.75 Å². The van der Waals surface area contributed by atoms with Crippen molar-refractivity contribution < 1.29 is 14.3 Å². The van der Waals surface area contributed by atoms with Gasteiger partial charge in [-0.3, -0.25) is 9.59 Å². The summed E-state index contributed by atoms with van der Waals surface area (Å²) in [4.78, 5) is 25.9. The number of rotatable bonds is 6. The number of aryl methyl sites for hydroxylation is 2. The van der Waals surface area contributed by atoms with Gasteiger partial charge in [-0.25, -0.2) is 0 Å². The van der Waals surface area contributed by atoms with E-state index in [0.717, 1.165) is 36.3 Å². The quantitative estimate of drug-likeness (QED) is 0.776. The zero-order valence-corrected chi connectivity index (χ0v) is 16.2. The van der Waals surface area contributed by atoms with Gasteiger partial charge in [0.15, 0.2) is 0 Å². The van der Waals surface area contributed by atoms with Crippen LogP contribution in [0.1, 0.15) is 48.4 Å². The first-order valence-electron chi connectivity index (χ1n) is 10.0. The lowest BCUT2D eigenvalue weighted by Crippen LogP contribution is -2.30. The molecule has 28 heavy (non-hydrogen) atoms. The number of amides is 2. The lowest BCUT2D eigenvalue weighted by Gasteiger charge is -2.25. The lowest BCUT2D eigenvalue weighted by molar-refractivity contribution is -0.132. The molecule has 1 N–H and O–H groups in total. The second-order valence-corrected chi connectivity index (χ2v) is 7.58. The summed E-state index contributed by atoms with van der Waals surface area (Å²) < 4.78 is 5.83. The van der Waals surface area contributed by atoms with Gasteiger partial charge in [0, 0.05) is 25.6 Å². The van der Waals surface area contributed by atoms with Crippen molar-refractivity contribution in [1.29, 1.82) is 0 Å². The largest absolute Gasteiger partial charge is 0.494 e. The molecule has 2 aromatic carbocycles. The molecule has 0 spiro atoms. The number of hydrogen-bond donors (Lipinski definition) is 1. The van der Waals surface area contributed by atoms with Crippen LogP contribution in [-0.2, 0) is 22.4 Å². The summed E-state index contributed by atoms with van der Waals surface area (Å²) in [6, 6.07) is 14.3. The van der Waals surface area contributed by atoms with Crippen molar-refractivity contribution in [3.63, 3.8) is 0 Å². The van der Waals surface area contributed by atoms with Crippen molar-refractivity contribution in [3.8, 4) is 5.75 Å². The number of ether oxygens (including phenoxy) is 1. The molecular weight excluding hydrogens is 352 g/mol. The van der Waals surface area contributed by atoms with E-state index >= 15 is 0 Å². The molecule has 1 aliphatic carbocycles. The van der Waals surface area contributed by atoms with Crippen molar-refractivity contribution >= 4 is 17.5 Å². The van der Waals surface area contributed by atoms with E-state index in [1.165, 1.54) is 11.1 Å². The Balaban J connectivity index is 1.25. The van der Waals surface area contributed by atoms with Crippen molar-refractivity contribution in [2.75, 3.05) is 19.0 Å². The van der Waals surface area contributed by atoms with E-state index in [0.29, 0.717) is 25.9 Å². The van der Waals surface area contributed by atoms with Gasteiger partial charge in [-0.15, -0.1) is 0 Å². The standard InChI is InChI=1S/C23H26N2O3/c1-25(21-12-8-16-5-2-3-6-19(16)21)23(27)7-4-14-28-18-10-11-20-17(15-18)9-13-22(26)24-20/h2-3,5-6,10-11,15,21H,4,7-9,12-14H2,1H3,(H,24,26). The minimum Gasteiger partial charge on any atom is -0.494 e. The summed E-state index contributed by atoms with van der Waals surface area (Å²) in [6.45, 7) is 0.506. The number of anilines is 1. The highest BCUT2D eigenvalue weighted by Gasteiger charge is 2.27. The maximum atomic E-state index is 12.6. The van der Waals surface area contributed by atoms with Crippen molar-refractivity contribution in [2.24, 2.45) is 0 Å². The van der Waals surface area contributed by atoms with Gasteiger partial charge in [0.2, 0.25) is 11.8 Å². The highest BCUT2D eigenvalue weighted by molar-refractivity contribution is 5.94. The molecule has 1 unspecified atom stereocenters. The Labute approximate surface area is 165 Å². The second-order valence-electron chi connectivity index (χ2n) is 7.58. The molecule has 1 aliphatic heterocycles. The Morgan fingerprint density at radius 1 is 1.14 bits per heavy atom. The Bertz CT molecular complexity index is 893. The van der Waals surface area contributed by atoms with Crippen LogP contribution in [-0.4, -0.2) is 30.4 Å². The SMILES string of the molecule is CN(C(=O)CCCOc1ccc2c(c1)CCC(=O)N2)C1CCc2ccccc21. The molecule has 5 heteroatoms. The zero-order valence-electron chi connectivity index (χ0n) is 16.2. The van der Waals surface area contributed by atoms with Gasteiger partial charge in [0.25, 0.3) is 0 Å². The number of nitrogens with one attached hydrogen (secondary N) is 1. The average Bonchev–Trinajstić information content (AvgIpc) is 3.14. The maximum absolute atomic E-state index is 12.6. The van der Waals surface area contributed by atoms with Crippen LogP contribution in [0.15, 0.2) is 42.5 Å². The normalized spacial score (nSPS) is 17.5. The van der Waals surface area contributed by atoms with Crippen molar-refractivity contribution in [2.45, 2.75) is 44.6 Å².